The van der Waals surface area contributed by atoms with Crippen molar-refractivity contribution in [2.45, 2.75) is 19.4 Å². The molecule has 21 heavy (non-hydrogen) atoms. The largest absolute Gasteiger partial charge is 0.375 e. The van der Waals surface area contributed by atoms with E-state index in [1.165, 1.54) is 4.90 Å². The molecular formula is C14H16F2N2O3. The van der Waals surface area contributed by atoms with Gasteiger partial charge in [-0.15, -0.1) is 0 Å². The van der Waals surface area contributed by atoms with Gasteiger partial charge in [-0.2, -0.15) is 0 Å². The summed E-state index contributed by atoms with van der Waals surface area (Å²) in [6.45, 7) is -0.268. The molecule has 0 spiro atoms. The Morgan fingerprint density at radius 3 is 2.95 bits per heavy atom. The highest BCUT2D eigenvalue weighted by Gasteiger charge is 2.20. The number of halogens is 2. The number of Topliss-reactive ketones (excluding diaryl/α,β-unsaturated/α-hetero) is 1. The van der Waals surface area contributed by atoms with Crippen LogP contribution in [0.1, 0.15) is 22.3 Å². The van der Waals surface area contributed by atoms with Crippen LogP contribution in [-0.2, 0) is 11.3 Å². The SMILES string of the molecule is CN1Cc2cc(C(=O)CCOCC(F)F)ccc2NC1=O. The van der Waals surface area contributed by atoms with Gasteiger partial charge in [0.2, 0.25) is 0 Å². The third-order valence-corrected chi connectivity index (χ3v) is 3.14. The zero-order valence-electron chi connectivity index (χ0n) is 11.6. The fraction of sp³-hybridized carbons (Fsp3) is 0.429. The highest BCUT2D eigenvalue weighted by molar-refractivity contribution is 5.98. The van der Waals surface area contributed by atoms with Crippen LogP contribution in [0.15, 0.2) is 18.2 Å². The van der Waals surface area contributed by atoms with Crippen LogP contribution >= 0.6 is 0 Å². The maximum atomic E-state index is 12.0. The number of nitrogens with zero attached hydrogens (tertiary/aromatic N) is 1. The third-order valence-electron chi connectivity index (χ3n) is 3.14. The van der Waals surface area contributed by atoms with Crippen LogP contribution in [0.4, 0.5) is 19.3 Å². The Balaban J connectivity index is 1.97. The second-order valence-corrected chi connectivity index (χ2v) is 4.80. The monoisotopic (exact) mass is 298 g/mol. The van der Waals surface area contributed by atoms with Gasteiger partial charge in [-0.1, -0.05) is 0 Å². The first kappa shape index (κ1) is 15.4. The molecule has 2 rings (SSSR count). The van der Waals surface area contributed by atoms with Crippen LogP contribution in [0.3, 0.4) is 0 Å². The Morgan fingerprint density at radius 2 is 2.24 bits per heavy atom. The average Bonchev–Trinajstić information content (AvgIpc) is 2.44. The number of urea groups is 1. The van der Waals surface area contributed by atoms with E-state index in [1.807, 2.05) is 0 Å². The molecule has 7 heteroatoms. The number of ether oxygens (including phenoxy) is 1. The zero-order valence-corrected chi connectivity index (χ0v) is 11.6. The Kier molecular flexibility index (Phi) is 4.85. The molecule has 1 heterocycles. The van der Waals surface area contributed by atoms with Gasteiger partial charge in [0, 0.05) is 31.3 Å². The highest BCUT2D eigenvalue weighted by Crippen LogP contribution is 2.24. The molecule has 1 aliphatic rings. The average molecular weight is 298 g/mol. The third kappa shape index (κ3) is 3.98. The molecule has 1 aromatic carbocycles. The minimum atomic E-state index is -2.53. The molecule has 2 amide bonds. The van der Waals surface area contributed by atoms with Crippen LogP contribution in [0.25, 0.3) is 0 Å². The summed E-state index contributed by atoms with van der Waals surface area (Å²) < 4.78 is 28.5. The van der Waals surface area contributed by atoms with E-state index in [1.54, 1.807) is 25.2 Å². The smallest absolute Gasteiger partial charge is 0.321 e. The summed E-state index contributed by atoms with van der Waals surface area (Å²) in [6, 6.07) is 4.80. The Bertz CT molecular complexity index is 549. The van der Waals surface area contributed by atoms with E-state index < -0.39 is 13.0 Å². The number of nitrogens with one attached hydrogen (secondary N) is 1. The maximum Gasteiger partial charge on any atom is 0.321 e. The number of anilines is 1. The van der Waals surface area contributed by atoms with E-state index in [0.29, 0.717) is 17.8 Å². The topological polar surface area (TPSA) is 58.6 Å². The Morgan fingerprint density at radius 1 is 1.48 bits per heavy atom. The fourth-order valence-electron chi connectivity index (χ4n) is 2.04. The lowest BCUT2D eigenvalue weighted by atomic mass is 10.0. The minimum absolute atomic E-state index is 0.0309. The van der Waals surface area contributed by atoms with Crippen molar-refractivity contribution < 1.29 is 23.1 Å². The molecule has 1 aliphatic heterocycles. The van der Waals surface area contributed by atoms with Crippen molar-refractivity contribution in [1.82, 2.24) is 4.90 Å². The van der Waals surface area contributed by atoms with E-state index in [2.05, 4.69) is 5.32 Å². The molecule has 5 nitrogen and oxygen atoms in total. The van der Waals surface area contributed by atoms with Crippen molar-refractivity contribution in [3.8, 4) is 0 Å². The Hall–Kier alpha value is -2.02. The van der Waals surface area contributed by atoms with Crippen molar-refractivity contribution >= 4 is 17.5 Å². The summed E-state index contributed by atoms with van der Waals surface area (Å²) in [5, 5.41) is 2.71. The summed E-state index contributed by atoms with van der Waals surface area (Å²) >= 11 is 0. The second-order valence-electron chi connectivity index (χ2n) is 4.80. The van der Waals surface area contributed by atoms with Gasteiger partial charge in [0.05, 0.1) is 6.61 Å². The van der Waals surface area contributed by atoms with Crippen LogP contribution in [0, 0.1) is 0 Å². The van der Waals surface area contributed by atoms with E-state index >= 15 is 0 Å². The molecule has 1 N–H and O–H groups in total. The first-order chi connectivity index (χ1) is 9.97. The quantitative estimate of drug-likeness (QED) is 0.648. The number of amides is 2. The van der Waals surface area contributed by atoms with Crippen molar-refractivity contribution in [2.24, 2.45) is 0 Å². The van der Waals surface area contributed by atoms with Crippen molar-refractivity contribution in [3.63, 3.8) is 0 Å². The second kappa shape index (κ2) is 6.62. The number of carbonyl (C=O) groups excluding carboxylic acids is 2. The van der Waals surface area contributed by atoms with Gasteiger partial charge < -0.3 is 15.0 Å². The first-order valence-corrected chi connectivity index (χ1v) is 6.51. The predicted molar refractivity (Wildman–Crippen MR) is 72.7 cm³/mol. The number of fused-ring (bicyclic) bond motifs is 1. The number of benzene rings is 1. The summed E-state index contributed by atoms with van der Waals surface area (Å²) in [7, 11) is 1.66. The number of carbonyl (C=O) groups is 2. The molecule has 114 valence electrons. The first-order valence-electron chi connectivity index (χ1n) is 6.51. The van der Waals surface area contributed by atoms with Gasteiger partial charge in [-0.3, -0.25) is 4.79 Å². The van der Waals surface area contributed by atoms with E-state index in [0.717, 1.165) is 5.56 Å². The van der Waals surface area contributed by atoms with E-state index in [9.17, 15) is 18.4 Å². The summed E-state index contributed by atoms with van der Waals surface area (Å²) in [5.41, 5.74) is 2.01. The van der Waals surface area contributed by atoms with Gasteiger partial charge in [0.25, 0.3) is 6.43 Å². The molecule has 0 radical (unpaired) electrons. The highest BCUT2D eigenvalue weighted by atomic mass is 19.3. The maximum absolute atomic E-state index is 12.0. The normalized spacial score (nSPS) is 14.1. The molecule has 0 saturated carbocycles. The number of alkyl halides is 2. The predicted octanol–water partition coefficient (Wildman–Crippen LogP) is 2.52. The number of rotatable bonds is 6. The number of hydrogen-bond donors (Lipinski definition) is 1. The van der Waals surface area contributed by atoms with Crippen LogP contribution in [-0.4, -0.2) is 43.4 Å². The van der Waals surface area contributed by atoms with Crippen molar-refractivity contribution in [1.29, 1.82) is 0 Å². The number of hydrogen-bond acceptors (Lipinski definition) is 3. The summed E-state index contributed by atoms with van der Waals surface area (Å²) in [6.07, 6.45) is -2.48. The summed E-state index contributed by atoms with van der Waals surface area (Å²) in [5.74, 6) is -0.174. The lowest BCUT2D eigenvalue weighted by Crippen LogP contribution is -2.35. The van der Waals surface area contributed by atoms with Gasteiger partial charge in [-0.05, 0) is 23.8 Å². The molecule has 0 bridgehead atoms. The van der Waals surface area contributed by atoms with Crippen LogP contribution in [0.5, 0.6) is 0 Å². The van der Waals surface area contributed by atoms with Crippen molar-refractivity contribution in [3.05, 3.63) is 29.3 Å². The lowest BCUT2D eigenvalue weighted by molar-refractivity contribution is 0.0170. The minimum Gasteiger partial charge on any atom is -0.375 e. The molecule has 0 saturated heterocycles. The van der Waals surface area contributed by atoms with Gasteiger partial charge in [0.15, 0.2) is 5.78 Å². The summed E-state index contributed by atoms with van der Waals surface area (Å²) in [4.78, 5) is 24.9. The molecule has 0 atom stereocenters. The van der Waals surface area contributed by atoms with E-state index in [4.69, 9.17) is 4.74 Å². The zero-order chi connectivity index (χ0) is 15.4. The van der Waals surface area contributed by atoms with Gasteiger partial charge >= 0.3 is 6.03 Å². The number of ketones is 1. The molecule has 0 aromatic heterocycles. The molecule has 0 unspecified atom stereocenters. The molecule has 1 aromatic rings. The fourth-order valence-corrected chi connectivity index (χ4v) is 2.04. The molecule has 0 aliphatic carbocycles. The molecule has 0 fully saturated rings. The van der Waals surface area contributed by atoms with Gasteiger partial charge in [-0.25, -0.2) is 13.6 Å². The lowest BCUT2D eigenvalue weighted by Gasteiger charge is -2.26. The van der Waals surface area contributed by atoms with Crippen LogP contribution < -0.4 is 5.32 Å². The van der Waals surface area contributed by atoms with Crippen molar-refractivity contribution in [2.75, 3.05) is 25.6 Å². The van der Waals surface area contributed by atoms with Crippen LogP contribution in [0.2, 0.25) is 0 Å². The van der Waals surface area contributed by atoms with E-state index in [-0.39, 0.29) is 24.8 Å². The van der Waals surface area contributed by atoms with Gasteiger partial charge in [0.1, 0.15) is 6.61 Å². The Labute approximate surface area is 120 Å². The standard InChI is InChI=1S/C14H16F2N2O3/c1-18-7-10-6-9(2-3-11(10)17-14(18)20)12(19)4-5-21-8-13(15)16/h2-3,6,13H,4-5,7-8H2,1H3,(H,17,20). The molecular weight excluding hydrogens is 282 g/mol.